The first-order valence-corrected chi connectivity index (χ1v) is 12.2. The molecule has 2 aliphatic heterocycles. The lowest BCUT2D eigenvalue weighted by Gasteiger charge is -2.26. The molecule has 33 heavy (non-hydrogen) atoms. The van der Waals surface area contributed by atoms with E-state index in [1.54, 1.807) is 24.3 Å². The standard InChI is InChI=1S/C23H26N2O7S/c1-16-8-10-18(11-9-16)33(28,29)25-12-4-5-19(25)23(27)31-15-22(26)24-13-17-14-30-20-6-2-3-7-21(20)32-17/h2-3,6-11,17,19H,4-5,12-15H2,1H3,(H,24,26)/t17?,19-/m0/s1. The van der Waals surface area contributed by atoms with E-state index in [2.05, 4.69) is 5.32 Å². The number of carbonyl (C=O) groups is 2. The first kappa shape index (κ1) is 23.1. The summed E-state index contributed by atoms with van der Waals surface area (Å²) in [7, 11) is -3.84. The smallest absolute Gasteiger partial charge is 0.324 e. The first-order chi connectivity index (χ1) is 15.8. The van der Waals surface area contributed by atoms with Crippen LogP contribution in [0, 0.1) is 6.92 Å². The van der Waals surface area contributed by atoms with Crippen LogP contribution in [0.1, 0.15) is 18.4 Å². The van der Waals surface area contributed by atoms with E-state index in [-0.39, 0.29) is 30.7 Å². The summed E-state index contributed by atoms with van der Waals surface area (Å²) in [6.07, 6.45) is 0.514. The van der Waals surface area contributed by atoms with Gasteiger partial charge in [0, 0.05) is 6.54 Å². The molecule has 4 rings (SSSR count). The Morgan fingerprint density at radius 1 is 1.12 bits per heavy atom. The summed E-state index contributed by atoms with van der Waals surface area (Å²) >= 11 is 0. The molecule has 1 saturated heterocycles. The zero-order valence-corrected chi connectivity index (χ0v) is 19.0. The van der Waals surface area contributed by atoms with Crippen molar-refractivity contribution in [3.05, 3.63) is 54.1 Å². The summed E-state index contributed by atoms with van der Waals surface area (Å²) < 4.78 is 43.6. The summed E-state index contributed by atoms with van der Waals surface area (Å²) in [5.74, 6) is 0.0162. The normalized spacial score (nSPS) is 20.3. The minimum Gasteiger partial charge on any atom is -0.486 e. The van der Waals surface area contributed by atoms with Crippen molar-refractivity contribution >= 4 is 21.9 Å². The molecule has 0 radical (unpaired) electrons. The van der Waals surface area contributed by atoms with Gasteiger partial charge in [0.15, 0.2) is 18.1 Å². The van der Waals surface area contributed by atoms with Crippen LogP contribution >= 0.6 is 0 Å². The predicted molar refractivity (Wildman–Crippen MR) is 118 cm³/mol. The first-order valence-electron chi connectivity index (χ1n) is 10.7. The minimum atomic E-state index is -3.84. The lowest BCUT2D eigenvalue weighted by atomic mass is 10.2. The lowest BCUT2D eigenvalue weighted by Crippen LogP contribution is -2.44. The number of benzene rings is 2. The lowest BCUT2D eigenvalue weighted by molar-refractivity contribution is -0.151. The Morgan fingerprint density at radius 2 is 1.85 bits per heavy atom. The van der Waals surface area contributed by atoms with E-state index < -0.39 is 34.5 Å². The molecule has 1 amide bonds. The number of fused-ring (bicyclic) bond motifs is 1. The number of hydrogen-bond acceptors (Lipinski definition) is 7. The molecule has 1 N–H and O–H groups in total. The molecule has 2 atom stereocenters. The Labute approximate surface area is 192 Å². The monoisotopic (exact) mass is 474 g/mol. The number of carbonyl (C=O) groups excluding carboxylic acids is 2. The Kier molecular flexibility index (Phi) is 6.85. The number of aryl methyl sites for hydroxylation is 1. The second kappa shape index (κ2) is 9.80. The van der Waals surface area contributed by atoms with Crippen molar-refractivity contribution in [3.63, 3.8) is 0 Å². The van der Waals surface area contributed by atoms with Crippen LogP contribution in [0.25, 0.3) is 0 Å². The van der Waals surface area contributed by atoms with E-state index in [9.17, 15) is 18.0 Å². The maximum atomic E-state index is 13.0. The maximum absolute atomic E-state index is 13.0. The molecule has 0 aromatic heterocycles. The average Bonchev–Trinajstić information content (AvgIpc) is 3.32. The fourth-order valence-electron chi connectivity index (χ4n) is 3.78. The van der Waals surface area contributed by atoms with Crippen molar-refractivity contribution in [2.24, 2.45) is 0 Å². The molecule has 1 fully saturated rings. The van der Waals surface area contributed by atoms with E-state index in [0.29, 0.717) is 24.3 Å². The molecule has 2 aromatic carbocycles. The second-order valence-corrected chi connectivity index (χ2v) is 9.89. The number of para-hydroxylation sites is 2. The number of nitrogens with zero attached hydrogens (tertiary/aromatic N) is 1. The molecule has 9 nitrogen and oxygen atoms in total. The van der Waals surface area contributed by atoms with Crippen LogP contribution in [0.2, 0.25) is 0 Å². The number of hydrogen-bond donors (Lipinski definition) is 1. The number of sulfonamides is 1. The highest BCUT2D eigenvalue weighted by molar-refractivity contribution is 7.89. The van der Waals surface area contributed by atoms with Crippen molar-refractivity contribution in [1.29, 1.82) is 0 Å². The molecule has 0 aliphatic carbocycles. The third-order valence-electron chi connectivity index (χ3n) is 5.54. The Bertz CT molecular complexity index is 1120. The SMILES string of the molecule is Cc1ccc(S(=O)(=O)N2CCC[C@H]2C(=O)OCC(=O)NCC2COc3ccccc3O2)cc1. The van der Waals surface area contributed by atoms with E-state index in [1.807, 2.05) is 19.1 Å². The molecule has 0 bridgehead atoms. The quantitative estimate of drug-likeness (QED) is 0.608. The minimum absolute atomic E-state index is 0.127. The van der Waals surface area contributed by atoms with E-state index >= 15 is 0 Å². The van der Waals surface area contributed by atoms with Crippen LogP contribution in [-0.4, -0.2) is 63.0 Å². The molecule has 10 heteroatoms. The molecule has 2 heterocycles. The molecule has 176 valence electrons. The molecule has 1 unspecified atom stereocenters. The van der Waals surface area contributed by atoms with Gasteiger partial charge in [-0.25, -0.2) is 8.42 Å². The van der Waals surface area contributed by atoms with Crippen LogP contribution in [0.5, 0.6) is 11.5 Å². The Morgan fingerprint density at radius 3 is 2.61 bits per heavy atom. The van der Waals surface area contributed by atoms with Gasteiger partial charge >= 0.3 is 5.97 Å². The number of ether oxygens (including phenoxy) is 3. The molecular weight excluding hydrogens is 448 g/mol. The van der Waals surface area contributed by atoms with Crippen molar-refractivity contribution in [2.75, 3.05) is 26.3 Å². The number of amides is 1. The molecular formula is C23H26N2O7S. The van der Waals surface area contributed by atoms with Gasteiger partial charge in [0.25, 0.3) is 5.91 Å². The van der Waals surface area contributed by atoms with Gasteiger partial charge in [-0.1, -0.05) is 29.8 Å². The topological polar surface area (TPSA) is 111 Å². The molecule has 2 aliphatic rings. The van der Waals surface area contributed by atoms with Crippen molar-refractivity contribution in [3.8, 4) is 11.5 Å². The van der Waals surface area contributed by atoms with E-state index in [1.165, 1.54) is 12.1 Å². The third kappa shape index (κ3) is 5.28. The van der Waals surface area contributed by atoms with Gasteiger partial charge in [0.05, 0.1) is 11.4 Å². The summed E-state index contributed by atoms with van der Waals surface area (Å²) in [5, 5.41) is 2.65. The molecule has 0 saturated carbocycles. The van der Waals surface area contributed by atoms with Gasteiger partial charge in [-0.05, 0) is 44.0 Å². The van der Waals surface area contributed by atoms with Crippen LogP contribution in [-0.2, 0) is 24.3 Å². The average molecular weight is 475 g/mol. The zero-order chi connectivity index (χ0) is 23.4. The van der Waals surface area contributed by atoms with Crippen molar-refractivity contribution in [2.45, 2.75) is 36.8 Å². The number of nitrogens with one attached hydrogen (secondary N) is 1. The van der Waals surface area contributed by atoms with Crippen LogP contribution in [0.15, 0.2) is 53.4 Å². The highest BCUT2D eigenvalue weighted by Crippen LogP contribution is 2.30. The van der Waals surface area contributed by atoms with Gasteiger partial charge in [-0.2, -0.15) is 4.31 Å². The Hall–Kier alpha value is -3.11. The van der Waals surface area contributed by atoms with Gasteiger partial charge in [-0.3, -0.25) is 9.59 Å². The number of rotatable bonds is 7. The zero-order valence-electron chi connectivity index (χ0n) is 18.2. The van der Waals surface area contributed by atoms with E-state index in [4.69, 9.17) is 14.2 Å². The number of esters is 1. The summed E-state index contributed by atoms with van der Waals surface area (Å²) in [5.41, 5.74) is 0.937. The summed E-state index contributed by atoms with van der Waals surface area (Å²) in [6.45, 7) is 2.05. The van der Waals surface area contributed by atoms with Crippen molar-refractivity contribution in [1.82, 2.24) is 9.62 Å². The highest BCUT2D eigenvalue weighted by atomic mass is 32.2. The second-order valence-electron chi connectivity index (χ2n) is 8.00. The third-order valence-corrected chi connectivity index (χ3v) is 7.47. The summed E-state index contributed by atoms with van der Waals surface area (Å²) in [6, 6.07) is 12.8. The molecule has 2 aromatic rings. The van der Waals surface area contributed by atoms with Crippen LogP contribution < -0.4 is 14.8 Å². The van der Waals surface area contributed by atoms with Gasteiger partial charge in [0.1, 0.15) is 18.8 Å². The Balaban J connectivity index is 1.27. The fraction of sp³-hybridized carbons (Fsp3) is 0.391. The fourth-order valence-corrected chi connectivity index (χ4v) is 5.43. The largest absolute Gasteiger partial charge is 0.486 e. The van der Waals surface area contributed by atoms with Crippen molar-refractivity contribution < 1.29 is 32.2 Å². The van der Waals surface area contributed by atoms with E-state index in [0.717, 1.165) is 9.87 Å². The highest BCUT2D eigenvalue weighted by Gasteiger charge is 2.40. The van der Waals surface area contributed by atoms with Crippen LogP contribution in [0.4, 0.5) is 0 Å². The van der Waals surface area contributed by atoms with Gasteiger partial charge in [0.2, 0.25) is 10.0 Å². The molecule has 0 spiro atoms. The van der Waals surface area contributed by atoms with Gasteiger partial charge in [-0.15, -0.1) is 0 Å². The predicted octanol–water partition coefficient (Wildman–Crippen LogP) is 1.65. The summed E-state index contributed by atoms with van der Waals surface area (Å²) in [4.78, 5) is 24.9. The van der Waals surface area contributed by atoms with Gasteiger partial charge < -0.3 is 19.5 Å². The maximum Gasteiger partial charge on any atom is 0.324 e. The van der Waals surface area contributed by atoms with Crippen LogP contribution in [0.3, 0.4) is 0 Å².